The molecular formula is C39H54O6. The van der Waals surface area contributed by atoms with Gasteiger partial charge in [0.1, 0.15) is 5.75 Å². The number of aromatic hydroxyl groups is 1. The molecule has 6 rings (SSSR count). The first kappa shape index (κ1) is 32.3. The zero-order valence-electron chi connectivity index (χ0n) is 28.2. The molecule has 6 nitrogen and oxygen atoms in total. The van der Waals surface area contributed by atoms with Crippen LogP contribution in [0, 0.1) is 50.2 Å². The Hall–Kier alpha value is -2.60. The van der Waals surface area contributed by atoms with Crippen LogP contribution in [0.15, 0.2) is 42.0 Å². The van der Waals surface area contributed by atoms with Crippen molar-refractivity contribution in [1.29, 1.82) is 0 Å². The lowest BCUT2D eigenvalue weighted by atomic mass is 9.33. The fourth-order valence-corrected chi connectivity index (χ4v) is 11.7. The number of benzene rings is 1. The smallest absolute Gasteiger partial charge is 0.330 e. The molecule has 0 heterocycles. The van der Waals surface area contributed by atoms with E-state index < -0.39 is 28.9 Å². The van der Waals surface area contributed by atoms with Crippen molar-refractivity contribution in [3.63, 3.8) is 0 Å². The highest BCUT2D eigenvalue weighted by atomic mass is 16.5. The van der Waals surface area contributed by atoms with Crippen LogP contribution in [0.4, 0.5) is 0 Å². The summed E-state index contributed by atoms with van der Waals surface area (Å²) < 4.78 is 5.87. The summed E-state index contributed by atoms with van der Waals surface area (Å²) in [6.45, 7) is 14.3. The molecule has 3 N–H and O–H groups in total. The second kappa shape index (κ2) is 10.7. The Morgan fingerprint density at radius 1 is 0.911 bits per heavy atom. The molecule has 5 aliphatic carbocycles. The molecule has 45 heavy (non-hydrogen) atoms. The third-order valence-electron chi connectivity index (χ3n) is 14.7. The molecule has 0 aliphatic heterocycles. The van der Waals surface area contributed by atoms with Crippen LogP contribution in [0.2, 0.25) is 0 Å². The summed E-state index contributed by atoms with van der Waals surface area (Å²) in [6, 6.07) is 6.64. The van der Waals surface area contributed by atoms with Crippen LogP contribution in [0.3, 0.4) is 0 Å². The zero-order chi connectivity index (χ0) is 32.6. The molecule has 0 amide bonds. The highest BCUT2D eigenvalue weighted by molar-refractivity contribution is 5.87. The number of allylic oxidation sites excluding steroid dienone is 2. The van der Waals surface area contributed by atoms with Gasteiger partial charge in [-0.2, -0.15) is 0 Å². The summed E-state index contributed by atoms with van der Waals surface area (Å²) in [5.74, 6) is -0.152. The highest BCUT2D eigenvalue weighted by Crippen LogP contribution is 2.75. The number of carbonyl (C=O) groups excluding carboxylic acids is 1. The lowest BCUT2D eigenvalue weighted by molar-refractivity contribution is -0.219. The van der Waals surface area contributed by atoms with E-state index in [0.717, 1.165) is 63.4 Å². The number of phenolic OH excluding ortho intramolecular Hbond substituents is 1. The number of carboxylic acid groups (broad SMARTS) is 1. The van der Waals surface area contributed by atoms with E-state index in [4.69, 9.17) is 4.74 Å². The van der Waals surface area contributed by atoms with Crippen molar-refractivity contribution in [1.82, 2.24) is 0 Å². The van der Waals surface area contributed by atoms with Crippen molar-refractivity contribution in [3.8, 4) is 5.75 Å². The van der Waals surface area contributed by atoms with Crippen LogP contribution in [0.5, 0.6) is 5.75 Å². The van der Waals surface area contributed by atoms with Crippen LogP contribution in [0.25, 0.3) is 6.08 Å². The molecule has 4 saturated carbocycles. The highest BCUT2D eigenvalue weighted by Gasteiger charge is 2.69. The molecule has 246 valence electrons. The normalized spacial score (nSPS) is 43.7. The number of ether oxygens (including phenoxy) is 1. The van der Waals surface area contributed by atoms with E-state index in [2.05, 4.69) is 47.6 Å². The fraction of sp³-hybridized carbons (Fsp3) is 0.692. The van der Waals surface area contributed by atoms with Gasteiger partial charge in [-0.25, -0.2) is 4.79 Å². The number of phenols is 1. The number of aliphatic hydroxyl groups is 1. The molecule has 6 heteroatoms. The number of carboxylic acids is 1. The largest absolute Gasteiger partial charge is 0.508 e. The van der Waals surface area contributed by atoms with E-state index in [-0.39, 0.29) is 45.9 Å². The molecule has 9 atom stereocenters. The van der Waals surface area contributed by atoms with Gasteiger partial charge in [-0.3, -0.25) is 4.79 Å². The third kappa shape index (κ3) is 4.83. The molecule has 0 aromatic heterocycles. The predicted octanol–water partition coefficient (Wildman–Crippen LogP) is 8.18. The van der Waals surface area contributed by atoms with Crippen molar-refractivity contribution >= 4 is 18.0 Å². The fourth-order valence-electron chi connectivity index (χ4n) is 11.7. The van der Waals surface area contributed by atoms with Gasteiger partial charge in [0.15, 0.2) is 0 Å². The van der Waals surface area contributed by atoms with Crippen LogP contribution in [0.1, 0.15) is 111 Å². The summed E-state index contributed by atoms with van der Waals surface area (Å²) >= 11 is 0. The first-order chi connectivity index (χ1) is 21.0. The van der Waals surface area contributed by atoms with Crippen molar-refractivity contribution < 1.29 is 29.6 Å². The van der Waals surface area contributed by atoms with Gasteiger partial charge in [0, 0.05) is 11.5 Å². The van der Waals surface area contributed by atoms with Gasteiger partial charge in [-0.15, -0.1) is 0 Å². The Bertz CT molecular complexity index is 1410. The Balaban J connectivity index is 1.27. The second-order valence-electron chi connectivity index (χ2n) is 17.3. The van der Waals surface area contributed by atoms with E-state index in [1.807, 2.05) is 0 Å². The van der Waals surface area contributed by atoms with Gasteiger partial charge < -0.3 is 20.1 Å². The van der Waals surface area contributed by atoms with Crippen molar-refractivity contribution in [3.05, 3.63) is 47.6 Å². The maximum Gasteiger partial charge on any atom is 0.330 e. The molecular weight excluding hydrogens is 564 g/mol. The van der Waals surface area contributed by atoms with Gasteiger partial charge in [0.2, 0.25) is 0 Å². The van der Waals surface area contributed by atoms with E-state index in [1.165, 1.54) is 11.6 Å². The van der Waals surface area contributed by atoms with E-state index in [1.54, 1.807) is 30.3 Å². The van der Waals surface area contributed by atoms with Crippen LogP contribution in [-0.4, -0.2) is 40.0 Å². The summed E-state index contributed by atoms with van der Waals surface area (Å²) in [4.78, 5) is 25.8. The maximum atomic E-state index is 12.9. The Morgan fingerprint density at radius 3 is 2.29 bits per heavy atom. The number of hydrogen-bond donors (Lipinski definition) is 3. The average Bonchev–Trinajstić information content (AvgIpc) is 2.98. The number of carbonyl (C=O) groups is 2. The number of hydrogen-bond acceptors (Lipinski definition) is 5. The van der Waals surface area contributed by atoms with Crippen molar-refractivity contribution in [2.45, 2.75) is 112 Å². The van der Waals surface area contributed by atoms with Gasteiger partial charge in [-0.1, -0.05) is 65.3 Å². The predicted molar refractivity (Wildman–Crippen MR) is 175 cm³/mol. The van der Waals surface area contributed by atoms with Gasteiger partial charge in [-0.05, 0) is 127 Å². The van der Waals surface area contributed by atoms with Gasteiger partial charge in [0.05, 0.1) is 18.1 Å². The summed E-state index contributed by atoms with van der Waals surface area (Å²) in [7, 11) is 0. The lowest BCUT2D eigenvalue weighted by Crippen LogP contribution is -2.66. The van der Waals surface area contributed by atoms with E-state index in [0.29, 0.717) is 12.3 Å². The number of rotatable bonds is 5. The number of esters is 1. The Kier molecular flexibility index (Phi) is 7.70. The molecule has 0 unspecified atom stereocenters. The Labute approximate surface area is 269 Å². The molecule has 0 saturated heterocycles. The topological polar surface area (TPSA) is 104 Å². The molecule has 0 bridgehead atoms. The van der Waals surface area contributed by atoms with Crippen molar-refractivity contribution in [2.24, 2.45) is 50.2 Å². The quantitative estimate of drug-likeness (QED) is 0.175. The standard InChI is InChI=1S/C39H54O6/c1-34(2)19-21-39(33(43)44)22-20-37(5)27(28(39)23-34)12-13-30-35(3)17-16-31(41)36(4,29(35)15-18-38(30,37)6)24-45-32(42)14-9-25-7-10-26(40)11-8-25/h7-12,14,28-31,40-41H,13,15-24H2,1-6H3,(H,43,44)/b14-9-/t28-,29+,30+,31-,35-,36-,37+,38+,39-/m0/s1. The first-order valence-corrected chi connectivity index (χ1v) is 17.3. The minimum Gasteiger partial charge on any atom is -0.508 e. The number of fused-ring (bicyclic) bond motifs is 7. The molecule has 0 spiro atoms. The summed E-state index contributed by atoms with van der Waals surface area (Å²) in [6.07, 6.45) is 14.0. The number of aliphatic carboxylic acids is 1. The average molecular weight is 619 g/mol. The van der Waals surface area contributed by atoms with E-state index in [9.17, 15) is 24.9 Å². The third-order valence-corrected chi connectivity index (χ3v) is 14.7. The molecule has 0 radical (unpaired) electrons. The maximum absolute atomic E-state index is 12.9. The van der Waals surface area contributed by atoms with Crippen LogP contribution in [-0.2, 0) is 14.3 Å². The first-order valence-electron chi connectivity index (χ1n) is 17.3. The minimum absolute atomic E-state index is 0.0291. The summed E-state index contributed by atoms with van der Waals surface area (Å²) in [5.41, 5.74) is 1.11. The van der Waals surface area contributed by atoms with Crippen LogP contribution >= 0.6 is 0 Å². The summed E-state index contributed by atoms with van der Waals surface area (Å²) in [5, 5.41) is 31.6. The SMILES string of the molecule is CC1(C)CC[C@]2(C(=O)O)CC[C@]3(C)C(=CC[C@@H]4[C@@]5(C)CC[C@H](O)[C@@](C)(COC(=O)/C=C\c6ccc(O)cc6)[C@@H]5CC[C@]43C)[C@@H]2C1. The molecule has 5 aliphatic rings. The van der Waals surface area contributed by atoms with Gasteiger partial charge in [0.25, 0.3) is 0 Å². The number of aliphatic hydroxyl groups excluding tert-OH is 1. The van der Waals surface area contributed by atoms with Gasteiger partial charge >= 0.3 is 11.9 Å². The zero-order valence-corrected chi connectivity index (χ0v) is 28.2. The Morgan fingerprint density at radius 2 is 1.60 bits per heavy atom. The molecule has 1 aromatic rings. The minimum atomic E-state index is -0.640. The van der Waals surface area contributed by atoms with E-state index >= 15 is 0 Å². The monoisotopic (exact) mass is 618 g/mol. The lowest BCUT2D eigenvalue weighted by Gasteiger charge is -2.71. The molecule has 1 aromatic carbocycles. The van der Waals surface area contributed by atoms with Crippen molar-refractivity contribution in [2.75, 3.05) is 6.61 Å². The molecule has 4 fully saturated rings. The second-order valence-corrected chi connectivity index (χ2v) is 17.3. The van der Waals surface area contributed by atoms with Crippen LogP contribution < -0.4 is 0 Å².